The van der Waals surface area contributed by atoms with Gasteiger partial charge in [0, 0.05) is 38.8 Å². The summed E-state index contributed by atoms with van der Waals surface area (Å²) < 4.78 is 9.39. The Morgan fingerprint density at radius 1 is 0.310 bits per heavy atom. The summed E-state index contributed by atoms with van der Waals surface area (Å²) in [6.45, 7) is 0. The second-order valence-corrected chi connectivity index (χ2v) is 18.4. The van der Waals surface area contributed by atoms with Crippen LogP contribution in [-0.2, 0) is 0 Å². The van der Waals surface area contributed by atoms with E-state index in [2.05, 4.69) is 276 Å². The lowest BCUT2D eigenvalue weighted by molar-refractivity contribution is 0.670. The van der Waals surface area contributed by atoms with Crippen molar-refractivity contribution < 1.29 is 4.42 Å². The van der Waals surface area contributed by atoms with E-state index >= 15 is 0 Å². The average molecular weight is 905 g/mol. The molecule has 3 heteroatoms. The van der Waals surface area contributed by atoms with Crippen LogP contribution in [0.3, 0.4) is 0 Å². The predicted molar refractivity (Wildman–Crippen MR) is 299 cm³/mol. The highest BCUT2D eigenvalue weighted by atomic mass is 16.3. The van der Waals surface area contributed by atoms with Gasteiger partial charge in [0.2, 0.25) is 0 Å². The third kappa shape index (κ3) is 6.82. The van der Waals surface area contributed by atoms with Crippen molar-refractivity contribution in [2.75, 3.05) is 4.90 Å². The fraction of sp³-hybridized carbons (Fsp3) is 0. The van der Waals surface area contributed by atoms with Gasteiger partial charge in [-0.3, -0.25) is 0 Å². The molecule has 14 rings (SSSR count). The summed E-state index contributed by atoms with van der Waals surface area (Å²) in [4.78, 5) is 2.39. The van der Waals surface area contributed by atoms with Crippen LogP contribution in [0.25, 0.3) is 115 Å². The lowest BCUT2D eigenvalue weighted by atomic mass is 9.94. The lowest BCUT2D eigenvalue weighted by Crippen LogP contribution is -2.10. The second kappa shape index (κ2) is 16.7. The van der Waals surface area contributed by atoms with Gasteiger partial charge in [-0.05, 0) is 127 Å². The molecule has 3 nitrogen and oxygen atoms in total. The molecule has 0 N–H and O–H groups in total. The van der Waals surface area contributed by atoms with Crippen LogP contribution < -0.4 is 4.90 Å². The van der Waals surface area contributed by atoms with E-state index < -0.39 is 0 Å². The summed E-state index contributed by atoms with van der Waals surface area (Å²) in [5.41, 5.74) is 17.5. The quantitative estimate of drug-likeness (QED) is 0.142. The zero-order valence-electron chi connectivity index (χ0n) is 38.7. The Labute approximate surface area is 411 Å². The summed E-state index contributed by atoms with van der Waals surface area (Å²) in [6.07, 6.45) is 0. The molecule has 0 amide bonds. The van der Waals surface area contributed by atoms with Gasteiger partial charge in [0.25, 0.3) is 0 Å². The molecule has 0 bridgehead atoms. The van der Waals surface area contributed by atoms with E-state index in [-0.39, 0.29) is 0 Å². The molecule has 332 valence electrons. The average Bonchev–Trinajstić information content (AvgIpc) is 4.01. The number of benzene rings is 12. The maximum Gasteiger partial charge on any atom is 0.145 e. The molecular formula is C68H44N2O. The summed E-state index contributed by atoms with van der Waals surface area (Å²) in [7, 11) is 0. The van der Waals surface area contributed by atoms with Crippen LogP contribution in [0.1, 0.15) is 0 Å². The van der Waals surface area contributed by atoms with Crippen molar-refractivity contribution in [3.05, 3.63) is 267 Å². The number of fused-ring (bicyclic) bond motifs is 9. The molecule has 2 aromatic heterocycles. The smallest absolute Gasteiger partial charge is 0.145 e. The van der Waals surface area contributed by atoms with Crippen molar-refractivity contribution >= 4 is 82.4 Å². The molecular weight excluding hydrogens is 861 g/mol. The van der Waals surface area contributed by atoms with Crippen LogP contribution >= 0.6 is 0 Å². The molecule has 0 aliphatic carbocycles. The number of aromatic nitrogens is 1. The van der Waals surface area contributed by atoms with Gasteiger partial charge in [-0.1, -0.05) is 200 Å². The van der Waals surface area contributed by atoms with Crippen LogP contribution in [0.15, 0.2) is 271 Å². The molecule has 14 aromatic rings. The topological polar surface area (TPSA) is 21.3 Å². The maximum absolute atomic E-state index is 7.01. The highest BCUT2D eigenvalue weighted by molar-refractivity contribution is 6.18. The fourth-order valence-electron chi connectivity index (χ4n) is 11.0. The van der Waals surface area contributed by atoms with E-state index in [1.54, 1.807) is 0 Å². The van der Waals surface area contributed by atoms with Gasteiger partial charge in [0.15, 0.2) is 0 Å². The van der Waals surface area contributed by atoms with Gasteiger partial charge in [-0.15, -0.1) is 0 Å². The van der Waals surface area contributed by atoms with Crippen LogP contribution in [0.2, 0.25) is 0 Å². The minimum absolute atomic E-state index is 0.850. The Balaban J connectivity index is 0.923. The molecule has 71 heavy (non-hydrogen) atoms. The first-order valence-electron chi connectivity index (χ1n) is 24.3. The molecule has 0 unspecified atom stereocenters. The Hall–Kier alpha value is -9.44. The Morgan fingerprint density at radius 3 is 1.55 bits per heavy atom. The monoisotopic (exact) mass is 904 g/mol. The van der Waals surface area contributed by atoms with Gasteiger partial charge in [0.1, 0.15) is 11.2 Å². The SMILES string of the molecule is c1ccc(-c2ccc(-c3ccc(N(c4ccc(-c5cccc6c5ccc5ccccc56)cc4)c4ccc(-c5cccc(-n6c7ccccc7c7ccccc76)c5)c5oc6ccccc6c45)cc3)cc2)cc1. The number of nitrogens with zero attached hydrogens (tertiary/aromatic N) is 2. The fourth-order valence-corrected chi connectivity index (χ4v) is 11.0. The van der Waals surface area contributed by atoms with Gasteiger partial charge in [-0.2, -0.15) is 0 Å². The second-order valence-electron chi connectivity index (χ2n) is 18.4. The summed E-state index contributed by atoms with van der Waals surface area (Å²) in [5.74, 6) is 0. The van der Waals surface area contributed by atoms with Crippen LogP contribution in [0.5, 0.6) is 0 Å². The number of furan rings is 1. The van der Waals surface area contributed by atoms with Crippen molar-refractivity contribution in [2.24, 2.45) is 0 Å². The number of rotatable bonds is 8. The van der Waals surface area contributed by atoms with E-state index in [1.807, 2.05) is 0 Å². The molecule has 2 heterocycles. The van der Waals surface area contributed by atoms with Crippen molar-refractivity contribution in [2.45, 2.75) is 0 Å². The summed E-state index contributed by atoms with van der Waals surface area (Å²) >= 11 is 0. The van der Waals surface area contributed by atoms with E-state index in [9.17, 15) is 0 Å². The minimum Gasteiger partial charge on any atom is -0.455 e. The van der Waals surface area contributed by atoms with Gasteiger partial charge in [-0.25, -0.2) is 0 Å². The minimum atomic E-state index is 0.850. The first-order chi connectivity index (χ1) is 35.2. The zero-order valence-corrected chi connectivity index (χ0v) is 38.7. The summed E-state index contributed by atoms with van der Waals surface area (Å²) in [5, 5.41) is 9.63. The highest BCUT2D eigenvalue weighted by Crippen LogP contribution is 2.47. The maximum atomic E-state index is 7.01. The van der Waals surface area contributed by atoms with E-state index in [0.29, 0.717) is 0 Å². The van der Waals surface area contributed by atoms with Gasteiger partial charge >= 0.3 is 0 Å². The lowest BCUT2D eigenvalue weighted by Gasteiger charge is -2.27. The molecule has 12 aromatic carbocycles. The Morgan fingerprint density at radius 2 is 0.845 bits per heavy atom. The Bertz CT molecular complexity index is 4260. The molecule has 0 atom stereocenters. The van der Waals surface area contributed by atoms with Crippen LogP contribution in [0.4, 0.5) is 17.1 Å². The molecule has 0 saturated heterocycles. The highest BCUT2D eigenvalue weighted by Gasteiger charge is 2.23. The molecule has 0 fully saturated rings. The first kappa shape index (κ1) is 40.6. The number of hydrogen-bond acceptors (Lipinski definition) is 2. The van der Waals surface area contributed by atoms with E-state index in [4.69, 9.17) is 4.42 Å². The molecule has 0 radical (unpaired) electrons. The molecule has 0 saturated carbocycles. The van der Waals surface area contributed by atoms with Crippen molar-refractivity contribution in [3.63, 3.8) is 0 Å². The van der Waals surface area contributed by atoms with Crippen molar-refractivity contribution in [1.82, 2.24) is 4.57 Å². The number of anilines is 3. The van der Waals surface area contributed by atoms with Gasteiger partial charge < -0.3 is 13.9 Å². The standard InChI is InChI=1S/C68H44N2O/c1-2-14-45(15-3-1)46-28-30-47(31-29-46)48-32-37-52(38-33-48)69(53-39-34-50(35-40-53)56-23-13-24-58-55-19-5-4-16-49(55)36-41-59(56)58)65-43-42-57(68-67(65)62-22-8-11-27-66(62)71-68)51-17-12-18-54(44-51)70-63-25-9-6-20-60(63)61-21-7-10-26-64(61)70/h1-44H. The van der Waals surface area contributed by atoms with Crippen molar-refractivity contribution in [3.8, 4) is 50.2 Å². The molecule has 0 aliphatic rings. The van der Waals surface area contributed by atoms with Crippen LogP contribution in [-0.4, -0.2) is 4.57 Å². The van der Waals surface area contributed by atoms with Gasteiger partial charge in [0.05, 0.1) is 22.1 Å². The van der Waals surface area contributed by atoms with E-state index in [1.165, 1.54) is 71.2 Å². The third-order valence-corrected chi connectivity index (χ3v) is 14.4. The van der Waals surface area contributed by atoms with Crippen LogP contribution in [0, 0.1) is 0 Å². The Kier molecular flexibility index (Phi) is 9.53. The van der Waals surface area contributed by atoms with Crippen molar-refractivity contribution in [1.29, 1.82) is 0 Å². The summed E-state index contributed by atoms with van der Waals surface area (Å²) in [6, 6.07) is 96.5. The number of para-hydroxylation sites is 3. The normalized spacial score (nSPS) is 11.7. The van der Waals surface area contributed by atoms with E-state index in [0.717, 1.165) is 61.4 Å². The third-order valence-electron chi connectivity index (χ3n) is 14.4. The zero-order chi connectivity index (χ0) is 46.8. The predicted octanol–water partition coefficient (Wildman–Crippen LogP) is 19.1. The number of hydrogen-bond donors (Lipinski definition) is 0. The first-order valence-corrected chi connectivity index (χ1v) is 24.3. The largest absolute Gasteiger partial charge is 0.455 e. The molecule has 0 aliphatic heterocycles. The molecule has 0 spiro atoms.